The molecule has 0 radical (unpaired) electrons. The molecule has 0 spiro atoms. The molecule has 3 aromatic rings. The number of phenols is 1. The normalized spacial score (nSPS) is 13.6. The van der Waals surface area contributed by atoms with Crippen LogP contribution < -0.4 is 10.6 Å². The molecule has 1 aliphatic rings. The van der Waals surface area contributed by atoms with Crippen molar-refractivity contribution >= 4 is 17.6 Å². The second kappa shape index (κ2) is 9.47. The summed E-state index contributed by atoms with van der Waals surface area (Å²) in [5.41, 5.74) is 2.71. The minimum atomic E-state index is -0.334. The number of amides is 2. The highest BCUT2D eigenvalue weighted by Gasteiger charge is 2.26. The molecule has 8 heteroatoms. The Morgan fingerprint density at radius 1 is 1.16 bits per heavy atom. The first kappa shape index (κ1) is 21.3. The number of nitrogens with zero attached hydrogens (tertiary/aromatic N) is 3. The van der Waals surface area contributed by atoms with Gasteiger partial charge in [0.2, 0.25) is 0 Å². The molecule has 0 aliphatic heterocycles. The summed E-state index contributed by atoms with van der Waals surface area (Å²) in [4.78, 5) is 29.1. The van der Waals surface area contributed by atoms with Crippen LogP contribution in [0.5, 0.6) is 5.75 Å². The van der Waals surface area contributed by atoms with Crippen LogP contribution in [0, 0.1) is 0 Å². The maximum Gasteiger partial charge on any atom is 0.342 e. The van der Waals surface area contributed by atoms with Gasteiger partial charge in [0.1, 0.15) is 5.75 Å². The second-order valence-electron chi connectivity index (χ2n) is 7.74. The van der Waals surface area contributed by atoms with Gasteiger partial charge >= 0.3 is 6.03 Å². The number of carbonyl (C=O) groups is 2. The Hall–Kier alpha value is -3.94. The molecule has 0 atom stereocenters. The third-order valence-electron chi connectivity index (χ3n) is 5.57. The van der Waals surface area contributed by atoms with Gasteiger partial charge in [0.25, 0.3) is 5.91 Å². The molecule has 3 N–H and O–H groups in total. The summed E-state index contributed by atoms with van der Waals surface area (Å²) in [6, 6.07) is 9.53. The van der Waals surface area contributed by atoms with Crippen LogP contribution in [-0.4, -0.2) is 38.4 Å². The van der Waals surface area contributed by atoms with Gasteiger partial charge in [-0.3, -0.25) is 9.78 Å². The standard InChI is InChI=1S/C24H25N5O3/c1-2-11-26-24(32)29-21(16-5-3-4-6-16)15-20(28-29)19-14-18(7-8-22(19)30)27-23(31)17-9-12-25-13-10-17/h2,7-10,12-16,30H,1,3-6,11H2,(H,26,32)(H,27,31). The number of rotatable bonds is 6. The molecule has 2 aromatic heterocycles. The minimum Gasteiger partial charge on any atom is -0.507 e. The van der Waals surface area contributed by atoms with Crippen molar-refractivity contribution in [1.29, 1.82) is 0 Å². The maximum atomic E-state index is 12.7. The van der Waals surface area contributed by atoms with Crippen LogP contribution in [0.25, 0.3) is 11.3 Å². The van der Waals surface area contributed by atoms with Crippen LogP contribution in [0.4, 0.5) is 10.5 Å². The smallest absolute Gasteiger partial charge is 0.342 e. The summed E-state index contributed by atoms with van der Waals surface area (Å²) in [5.74, 6) is -0.0338. The molecule has 0 saturated heterocycles. The van der Waals surface area contributed by atoms with Crippen molar-refractivity contribution in [3.63, 3.8) is 0 Å². The zero-order valence-electron chi connectivity index (χ0n) is 17.6. The zero-order valence-corrected chi connectivity index (χ0v) is 17.6. The van der Waals surface area contributed by atoms with Crippen molar-refractivity contribution in [2.75, 3.05) is 11.9 Å². The van der Waals surface area contributed by atoms with Crippen molar-refractivity contribution in [2.45, 2.75) is 31.6 Å². The van der Waals surface area contributed by atoms with Gasteiger partial charge in [0.15, 0.2) is 0 Å². The van der Waals surface area contributed by atoms with Gasteiger partial charge < -0.3 is 15.7 Å². The number of hydrogen-bond acceptors (Lipinski definition) is 5. The molecular formula is C24H25N5O3. The number of nitrogens with one attached hydrogen (secondary N) is 2. The lowest BCUT2D eigenvalue weighted by Gasteiger charge is -2.11. The number of phenolic OH excluding ortho intramolecular Hbond substituents is 1. The number of benzene rings is 1. The van der Waals surface area contributed by atoms with Crippen LogP contribution in [0.15, 0.2) is 61.4 Å². The second-order valence-corrected chi connectivity index (χ2v) is 7.74. The predicted molar refractivity (Wildman–Crippen MR) is 122 cm³/mol. The third-order valence-corrected chi connectivity index (χ3v) is 5.57. The summed E-state index contributed by atoms with van der Waals surface area (Å²) in [6.45, 7) is 3.96. The van der Waals surface area contributed by atoms with Crippen molar-refractivity contribution in [3.8, 4) is 17.0 Å². The van der Waals surface area contributed by atoms with E-state index in [0.29, 0.717) is 29.1 Å². The van der Waals surface area contributed by atoms with Crippen molar-refractivity contribution in [1.82, 2.24) is 20.1 Å². The Balaban J connectivity index is 1.66. The monoisotopic (exact) mass is 431 g/mol. The van der Waals surface area contributed by atoms with Gasteiger partial charge in [0.05, 0.1) is 11.4 Å². The lowest BCUT2D eigenvalue weighted by molar-refractivity contribution is 0.102. The van der Waals surface area contributed by atoms with E-state index in [-0.39, 0.29) is 23.6 Å². The van der Waals surface area contributed by atoms with Gasteiger partial charge in [-0.15, -0.1) is 6.58 Å². The van der Waals surface area contributed by atoms with E-state index in [1.165, 1.54) is 10.7 Å². The Bertz CT molecular complexity index is 1130. The molecule has 2 amide bonds. The van der Waals surface area contributed by atoms with Crippen LogP contribution in [-0.2, 0) is 0 Å². The van der Waals surface area contributed by atoms with Crippen LogP contribution >= 0.6 is 0 Å². The van der Waals surface area contributed by atoms with E-state index in [4.69, 9.17) is 0 Å². The lowest BCUT2D eigenvalue weighted by atomic mass is 10.0. The first-order chi connectivity index (χ1) is 15.6. The van der Waals surface area contributed by atoms with E-state index in [0.717, 1.165) is 31.4 Å². The number of pyridine rings is 1. The summed E-state index contributed by atoms with van der Waals surface area (Å²) in [5, 5.41) is 20.6. The van der Waals surface area contributed by atoms with E-state index in [2.05, 4.69) is 27.3 Å². The summed E-state index contributed by atoms with van der Waals surface area (Å²) < 4.78 is 1.39. The summed E-state index contributed by atoms with van der Waals surface area (Å²) in [6.07, 6.45) is 8.92. The molecule has 1 aliphatic carbocycles. The highest BCUT2D eigenvalue weighted by atomic mass is 16.3. The van der Waals surface area contributed by atoms with E-state index in [9.17, 15) is 14.7 Å². The van der Waals surface area contributed by atoms with E-state index in [1.807, 2.05) is 6.07 Å². The fourth-order valence-electron chi connectivity index (χ4n) is 3.96. The number of anilines is 1. The van der Waals surface area contributed by atoms with Crippen molar-refractivity contribution in [2.24, 2.45) is 0 Å². The van der Waals surface area contributed by atoms with Crippen LogP contribution in [0.3, 0.4) is 0 Å². The SMILES string of the molecule is C=CCNC(=O)n1nc(-c2cc(NC(=O)c3ccncc3)ccc2O)cc1C1CCCC1. The summed E-state index contributed by atoms with van der Waals surface area (Å²) >= 11 is 0. The molecule has 1 aromatic carbocycles. The first-order valence-corrected chi connectivity index (χ1v) is 10.6. The molecule has 164 valence electrons. The van der Waals surface area contributed by atoms with E-state index in [1.54, 1.807) is 42.7 Å². The molecule has 4 rings (SSSR count). The molecule has 0 bridgehead atoms. The number of carbonyl (C=O) groups excluding carboxylic acids is 2. The Morgan fingerprint density at radius 3 is 2.62 bits per heavy atom. The van der Waals surface area contributed by atoms with Gasteiger partial charge in [0, 0.05) is 41.7 Å². The van der Waals surface area contributed by atoms with Gasteiger partial charge in [-0.05, 0) is 49.2 Å². The average Bonchev–Trinajstić information content (AvgIpc) is 3.49. The summed E-state index contributed by atoms with van der Waals surface area (Å²) in [7, 11) is 0. The first-order valence-electron chi connectivity index (χ1n) is 10.6. The van der Waals surface area contributed by atoms with E-state index >= 15 is 0 Å². The van der Waals surface area contributed by atoms with Gasteiger partial charge in [-0.25, -0.2) is 4.79 Å². The Kier molecular flexibility index (Phi) is 6.30. The van der Waals surface area contributed by atoms with Crippen molar-refractivity contribution < 1.29 is 14.7 Å². The van der Waals surface area contributed by atoms with Crippen LogP contribution in [0.2, 0.25) is 0 Å². The molecule has 32 heavy (non-hydrogen) atoms. The number of aromatic nitrogens is 3. The number of hydrogen-bond donors (Lipinski definition) is 3. The fourth-order valence-corrected chi connectivity index (χ4v) is 3.96. The zero-order chi connectivity index (χ0) is 22.5. The van der Waals surface area contributed by atoms with Crippen molar-refractivity contribution in [3.05, 3.63) is 72.7 Å². The number of aromatic hydroxyl groups is 1. The fraction of sp³-hybridized carbons (Fsp3) is 0.250. The highest BCUT2D eigenvalue weighted by molar-refractivity contribution is 6.04. The Labute approximate surface area is 186 Å². The third kappa shape index (κ3) is 4.54. The van der Waals surface area contributed by atoms with E-state index < -0.39 is 0 Å². The molecule has 2 heterocycles. The molecule has 8 nitrogen and oxygen atoms in total. The molecular weight excluding hydrogens is 406 g/mol. The maximum absolute atomic E-state index is 12.7. The molecule has 1 saturated carbocycles. The van der Waals surface area contributed by atoms with Crippen LogP contribution in [0.1, 0.15) is 47.7 Å². The Morgan fingerprint density at radius 2 is 1.91 bits per heavy atom. The highest BCUT2D eigenvalue weighted by Crippen LogP contribution is 2.38. The lowest BCUT2D eigenvalue weighted by Crippen LogP contribution is -2.31. The largest absolute Gasteiger partial charge is 0.507 e. The molecule has 1 fully saturated rings. The predicted octanol–water partition coefficient (Wildman–Crippen LogP) is 4.30. The minimum absolute atomic E-state index is 0.0148. The molecule has 0 unspecified atom stereocenters. The van der Waals surface area contributed by atoms with Gasteiger partial charge in [-0.2, -0.15) is 9.78 Å². The average molecular weight is 431 g/mol. The van der Waals surface area contributed by atoms with Gasteiger partial charge in [-0.1, -0.05) is 18.9 Å². The quantitative estimate of drug-likeness (QED) is 0.398. The topological polar surface area (TPSA) is 109 Å².